The van der Waals surface area contributed by atoms with Crippen molar-refractivity contribution in [2.75, 3.05) is 5.32 Å². The molecule has 1 aliphatic carbocycles. The summed E-state index contributed by atoms with van der Waals surface area (Å²) in [6.45, 7) is 3.93. The minimum absolute atomic E-state index is 0.162. The van der Waals surface area contributed by atoms with E-state index in [2.05, 4.69) is 25.5 Å². The van der Waals surface area contributed by atoms with Gasteiger partial charge in [-0.05, 0) is 32.3 Å². The van der Waals surface area contributed by atoms with E-state index >= 15 is 0 Å². The number of aryl methyl sites for hydroxylation is 2. The normalized spacial score (nSPS) is 14.5. The number of carbonyl (C=O) groups excluding carboxylic acids is 1. The third kappa shape index (κ3) is 2.28. The van der Waals surface area contributed by atoms with Crippen LogP contribution in [-0.4, -0.2) is 26.1 Å². The van der Waals surface area contributed by atoms with Crippen molar-refractivity contribution in [3.05, 3.63) is 27.5 Å². The number of hydrogen-bond acceptors (Lipinski definition) is 7. The topological polar surface area (TPSA) is 80.7 Å². The van der Waals surface area contributed by atoms with Crippen molar-refractivity contribution in [1.82, 2.24) is 20.2 Å². The molecule has 0 aromatic carbocycles. The Hall–Kier alpha value is -1.93. The number of nitrogens with one attached hydrogen (secondary N) is 1. The molecule has 6 nitrogen and oxygen atoms in total. The van der Waals surface area contributed by atoms with Crippen LogP contribution in [0.4, 0.5) is 5.13 Å². The van der Waals surface area contributed by atoms with Gasteiger partial charge in [0, 0.05) is 11.3 Å². The summed E-state index contributed by atoms with van der Waals surface area (Å²) in [4.78, 5) is 23.3. The SMILES string of the molecule is Cc1nc(C2CC2)nc2sc(C(=O)Nc3nncs3)c(C)c12. The van der Waals surface area contributed by atoms with Crippen LogP contribution < -0.4 is 5.32 Å². The molecule has 22 heavy (non-hydrogen) atoms. The fourth-order valence-electron chi connectivity index (χ4n) is 2.48. The molecule has 1 fully saturated rings. The Balaban J connectivity index is 1.76. The minimum Gasteiger partial charge on any atom is -0.296 e. The lowest BCUT2D eigenvalue weighted by molar-refractivity contribution is 0.103. The van der Waals surface area contributed by atoms with Crippen molar-refractivity contribution in [2.24, 2.45) is 0 Å². The summed E-state index contributed by atoms with van der Waals surface area (Å²) in [5.41, 5.74) is 3.47. The number of amides is 1. The van der Waals surface area contributed by atoms with Gasteiger partial charge in [0.2, 0.25) is 5.13 Å². The van der Waals surface area contributed by atoms with E-state index in [1.54, 1.807) is 5.51 Å². The first-order valence-electron chi connectivity index (χ1n) is 6.98. The van der Waals surface area contributed by atoms with Crippen LogP contribution in [0.5, 0.6) is 0 Å². The maximum atomic E-state index is 12.4. The molecule has 0 radical (unpaired) electrons. The second kappa shape index (κ2) is 5.06. The third-order valence-corrected chi connectivity index (χ3v) is 5.51. The summed E-state index contributed by atoms with van der Waals surface area (Å²) in [7, 11) is 0. The lowest BCUT2D eigenvalue weighted by Gasteiger charge is -2.02. The largest absolute Gasteiger partial charge is 0.296 e. The molecular weight excluding hydrogens is 318 g/mol. The van der Waals surface area contributed by atoms with Gasteiger partial charge in [0.1, 0.15) is 16.2 Å². The maximum absolute atomic E-state index is 12.4. The van der Waals surface area contributed by atoms with Crippen molar-refractivity contribution in [3.8, 4) is 0 Å². The number of carbonyl (C=O) groups is 1. The molecule has 4 rings (SSSR count). The predicted octanol–water partition coefficient (Wildman–Crippen LogP) is 3.29. The highest BCUT2D eigenvalue weighted by atomic mass is 32.1. The number of aromatic nitrogens is 4. The molecule has 1 saturated carbocycles. The van der Waals surface area contributed by atoms with Crippen LogP contribution in [0.3, 0.4) is 0 Å². The Kier molecular flexibility index (Phi) is 3.16. The molecule has 1 N–H and O–H groups in total. The molecule has 0 unspecified atom stereocenters. The van der Waals surface area contributed by atoms with E-state index in [-0.39, 0.29) is 5.91 Å². The highest BCUT2D eigenvalue weighted by molar-refractivity contribution is 7.21. The average Bonchev–Trinajstić information content (AvgIpc) is 3.12. The quantitative estimate of drug-likeness (QED) is 0.796. The Morgan fingerprint density at radius 3 is 2.82 bits per heavy atom. The number of fused-ring (bicyclic) bond motifs is 1. The minimum atomic E-state index is -0.162. The van der Waals surface area contributed by atoms with Gasteiger partial charge in [-0.3, -0.25) is 10.1 Å². The zero-order chi connectivity index (χ0) is 15.3. The molecule has 3 heterocycles. The van der Waals surface area contributed by atoms with Gasteiger partial charge in [-0.25, -0.2) is 9.97 Å². The van der Waals surface area contributed by atoms with Crippen LogP contribution >= 0.6 is 22.7 Å². The molecule has 3 aromatic rings. The molecule has 0 spiro atoms. The Labute approximate surface area is 134 Å². The maximum Gasteiger partial charge on any atom is 0.267 e. The van der Waals surface area contributed by atoms with Gasteiger partial charge in [-0.15, -0.1) is 21.5 Å². The highest BCUT2D eigenvalue weighted by Crippen LogP contribution is 2.40. The summed E-state index contributed by atoms with van der Waals surface area (Å²) in [6, 6.07) is 0. The van der Waals surface area contributed by atoms with Gasteiger partial charge in [0.05, 0.1) is 10.6 Å². The molecule has 0 saturated heterocycles. The number of nitrogens with zero attached hydrogens (tertiary/aromatic N) is 4. The number of hydrogen-bond donors (Lipinski definition) is 1. The Bertz CT molecular complexity index is 867. The van der Waals surface area contributed by atoms with Gasteiger partial charge in [-0.2, -0.15) is 0 Å². The van der Waals surface area contributed by atoms with Crippen LogP contribution in [0.1, 0.15) is 45.5 Å². The van der Waals surface area contributed by atoms with Crippen LogP contribution in [0, 0.1) is 13.8 Å². The van der Waals surface area contributed by atoms with Crippen molar-refractivity contribution in [1.29, 1.82) is 0 Å². The first-order chi connectivity index (χ1) is 10.6. The van der Waals surface area contributed by atoms with Gasteiger partial charge >= 0.3 is 0 Å². The summed E-state index contributed by atoms with van der Waals surface area (Å²) in [5, 5.41) is 11.8. The summed E-state index contributed by atoms with van der Waals surface area (Å²) < 4.78 is 0. The molecule has 1 amide bonds. The van der Waals surface area contributed by atoms with Gasteiger partial charge in [-0.1, -0.05) is 11.3 Å². The summed E-state index contributed by atoms with van der Waals surface area (Å²) in [5.74, 6) is 1.26. The van der Waals surface area contributed by atoms with E-state index in [0.29, 0.717) is 15.9 Å². The number of anilines is 1. The average molecular weight is 331 g/mol. The zero-order valence-electron chi connectivity index (χ0n) is 12.1. The van der Waals surface area contributed by atoms with Crippen LogP contribution in [0.15, 0.2) is 5.51 Å². The smallest absolute Gasteiger partial charge is 0.267 e. The van der Waals surface area contributed by atoms with E-state index < -0.39 is 0 Å². The highest BCUT2D eigenvalue weighted by Gasteiger charge is 2.28. The van der Waals surface area contributed by atoms with E-state index in [0.717, 1.165) is 27.3 Å². The fraction of sp³-hybridized carbons (Fsp3) is 0.357. The van der Waals surface area contributed by atoms with Crippen molar-refractivity contribution in [2.45, 2.75) is 32.6 Å². The van der Waals surface area contributed by atoms with Crippen molar-refractivity contribution >= 4 is 43.9 Å². The van der Waals surface area contributed by atoms with E-state index in [9.17, 15) is 4.79 Å². The molecule has 8 heteroatoms. The molecule has 1 aliphatic rings. The van der Waals surface area contributed by atoms with Crippen LogP contribution in [0.25, 0.3) is 10.2 Å². The first-order valence-corrected chi connectivity index (χ1v) is 8.68. The zero-order valence-corrected chi connectivity index (χ0v) is 13.7. The third-order valence-electron chi connectivity index (χ3n) is 3.72. The lowest BCUT2D eigenvalue weighted by atomic mass is 10.1. The second-order valence-electron chi connectivity index (χ2n) is 5.38. The van der Waals surface area contributed by atoms with Gasteiger partial charge in [0.25, 0.3) is 5.91 Å². The fourth-order valence-corrected chi connectivity index (χ4v) is 4.06. The van der Waals surface area contributed by atoms with Crippen molar-refractivity contribution in [3.63, 3.8) is 0 Å². The Morgan fingerprint density at radius 2 is 2.14 bits per heavy atom. The molecular formula is C14H13N5OS2. The molecule has 0 bridgehead atoms. The number of rotatable bonds is 3. The summed E-state index contributed by atoms with van der Waals surface area (Å²) in [6.07, 6.45) is 2.33. The van der Waals surface area contributed by atoms with E-state index in [1.165, 1.54) is 35.5 Å². The molecule has 3 aromatic heterocycles. The summed E-state index contributed by atoms with van der Waals surface area (Å²) >= 11 is 2.72. The lowest BCUT2D eigenvalue weighted by Crippen LogP contribution is -2.11. The predicted molar refractivity (Wildman–Crippen MR) is 86.7 cm³/mol. The van der Waals surface area contributed by atoms with Crippen molar-refractivity contribution < 1.29 is 4.79 Å². The number of thiophene rings is 1. The Morgan fingerprint density at radius 1 is 1.32 bits per heavy atom. The van der Waals surface area contributed by atoms with Gasteiger partial charge in [0.15, 0.2) is 0 Å². The standard InChI is InChI=1S/C14H13N5OS2/c1-6-9-7(2)16-11(8-3-4-8)17-13(9)22-10(6)12(20)18-14-19-15-5-21-14/h5,8H,3-4H2,1-2H3,(H,18,19,20). The molecule has 0 atom stereocenters. The van der Waals surface area contributed by atoms with E-state index in [4.69, 9.17) is 0 Å². The second-order valence-corrected chi connectivity index (χ2v) is 7.21. The van der Waals surface area contributed by atoms with E-state index in [1.807, 2.05) is 13.8 Å². The monoisotopic (exact) mass is 331 g/mol. The van der Waals surface area contributed by atoms with Crippen LogP contribution in [-0.2, 0) is 0 Å². The molecule has 112 valence electrons. The molecule has 0 aliphatic heterocycles. The van der Waals surface area contributed by atoms with Gasteiger partial charge < -0.3 is 0 Å². The van der Waals surface area contributed by atoms with Crippen LogP contribution in [0.2, 0.25) is 0 Å². The first kappa shape index (κ1) is 13.7.